The van der Waals surface area contributed by atoms with Crippen LogP contribution in [0.5, 0.6) is 0 Å². The number of anilines is 1. The van der Waals surface area contributed by atoms with Gasteiger partial charge in [-0.1, -0.05) is 41.4 Å². The number of rotatable bonds is 6. The molecule has 1 fully saturated rings. The summed E-state index contributed by atoms with van der Waals surface area (Å²) in [6.07, 6.45) is 7.23. The van der Waals surface area contributed by atoms with Gasteiger partial charge in [-0.15, -0.1) is 0 Å². The number of halogens is 2. The van der Waals surface area contributed by atoms with Crippen molar-refractivity contribution in [2.45, 2.75) is 38.1 Å². The monoisotopic (exact) mass is 482 g/mol. The molecule has 0 spiro atoms. The molecule has 7 heteroatoms. The Kier molecular flexibility index (Phi) is 7.93. The first-order valence-corrected chi connectivity index (χ1v) is 12.2. The van der Waals surface area contributed by atoms with Gasteiger partial charge in [0.1, 0.15) is 0 Å². The lowest BCUT2D eigenvalue weighted by molar-refractivity contribution is 0.170. The Balaban J connectivity index is 1.47. The minimum atomic E-state index is -0.110. The summed E-state index contributed by atoms with van der Waals surface area (Å²) in [5.74, 6) is 0. The average Bonchev–Trinajstić information content (AvgIpc) is 3.36. The van der Waals surface area contributed by atoms with Crippen LogP contribution in [-0.2, 0) is 0 Å². The van der Waals surface area contributed by atoms with Crippen LogP contribution in [0.3, 0.4) is 0 Å². The molecule has 5 nitrogen and oxygen atoms in total. The van der Waals surface area contributed by atoms with Gasteiger partial charge in [0.25, 0.3) is 0 Å². The lowest BCUT2D eigenvalue weighted by atomic mass is 9.89. The molecular formula is C26H28Cl2N4O. The first kappa shape index (κ1) is 23.6. The van der Waals surface area contributed by atoms with Gasteiger partial charge in [0.2, 0.25) is 0 Å². The number of benzene rings is 2. The molecule has 1 N–H and O–H groups in total. The van der Waals surface area contributed by atoms with Crippen molar-refractivity contribution in [3.05, 3.63) is 69.7 Å². The van der Waals surface area contributed by atoms with Gasteiger partial charge in [-0.05, 0) is 86.7 Å². The maximum Gasteiger partial charge on any atom is 0.322 e. The van der Waals surface area contributed by atoms with Crippen molar-refractivity contribution in [3.8, 4) is 6.07 Å². The van der Waals surface area contributed by atoms with E-state index in [4.69, 9.17) is 23.2 Å². The molecule has 1 heterocycles. The third kappa shape index (κ3) is 6.09. The van der Waals surface area contributed by atoms with E-state index in [0.29, 0.717) is 27.8 Å². The maximum atomic E-state index is 13.3. The van der Waals surface area contributed by atoms with Gasteiger partial charge < -0.3 is 15.1 Å². The van der Waals surface area contributed by atoms with E-state index in [9.17, 15) is 10.1 Å². The van der Waals surface area contributed by atoms with E-state index in [2.05, 4.69) is 28.4 Å². The second-order valence-corrected chi connectivity index (χ2v) is 9.47. The van der Waals surface area contributed by atoms with Crippen LogP contribution in [0.15, 0.2) is 48.5 Å². The fourth-order valence-corrected chi connectivity index (χ4v) is 4.93. The molecule has 4 rings (SSSR count). The van der Waals surface area contributed by atoms with Crippen molar-refractivity contribution in [2.24, 2.45) is 0 Å². The Morgan fingerprint density at radius 2 is 1.97 bits per heavy atom. The van der Waals surface area contributed by atoms with E-state index < -0.39 is 0 Å². The van der Waals surface area contributed by atoms with E-state index in [-0.39, 0.29) is 12.1 Å². The van der Waals surface area contributed by atoms with E-state index >= 15 is 0 Å². The Hall–Kier alpha value is -2.52. The molecule has 1 atom stereocenters. The summed E-state index contributed by atoms with van der Waals surface area (Å²) in [6.45, 7) is 3.77. The highest BCUT2D eigenvalue weighted by atomic mass is 35.5. The van der Waals surface area contributed by atoms with E-state index in [1.807, 2.05) is 23.1 Å². The molecule has 2 aliphatic rings. The molecule has 2 amide bonds. The number of nitrogens with one attached hydrogen (secondary N) is 1. The predicted molar refractivity (Wildman–Crippen MR) is 135 cm³/mol. The molecule has 0 aromatic heterocycles. The molecule has 0 radical (unpaired) electrons. The average molecular weight is 483 g/mol. The summed E-state index contributed by atoms with van der Waals surface area (Å²) < 4.78 is 0. The number of likely N-dealkylation sites (tertiary alicyclic amines) is 1. The maximum absolute atomic E-state index is 13.3. The zero-order valence-electron chi connectivity index (χ0n) is 18.6. The Labute approximate surface area is 205 Å². The quantitative estimate of drug-likeness (QED) is 0.515. The summed E-state index contributed by atoms with van der Waals surface area (Å²) in [4.78, 5) is 17.7. The first-order valence-electron chi connectivity index (χ1n) is 11.5. The fourth-order valence-electron chi connectivity index (χ4n) is 4.63. The standard InChI is InChI=1S/C26H28Cl2N4O/c27-24-11-8-22(17-25(24)28)30-26(33)32(15-14-31-12-1-2-13-31)23-9-6-20(7-10-23)21-5-3-4-19(16-21)18-29/h3-6,8,11,16-17,23H,1-2,7,9-10,12-15H2,(H,30,33). The highest BCUT2D eigenvalue weighted by molar-refractivity contribution is 6.42. The number of nitrogens with zero attached hydrogens (tertiary/aromatic N) is 3. The molecule has 1 aliphatic heterocycles. The highest BCUT2D eigenvalue weighted by Crippen LogP contribution is 2.31. The second kappa shape index (κ2) is 11.1. The summed E-state index contributed by atoms with van der Waals surface area (Å²) in [5.41, 5.74) is 3.65. The SMILES string of the molecule is N#Cc1cccc(C2=CCC(N(CCN3CCCC3)C(=O)Nc3ccc(Cl)c(Cl)c3)CC2)c1. The van der Waals surface area contributed by atoms with Crippen LogP contribution in [0.2, 0.25) is 10.0 Å². The largest absolute Gasteiger partial charge is 0.322 e. The zero-order valence-corrected chi connectivity index (χ0v) is 20.1. The van der Waals surface area contributed by atoms with Crippen molar-refractivity contribution in [1.82, 2.24) is 9.80 Å². The zero-order chi connectivity index (χ0) is 23.2. The molecule has 2 aromatic rings. The third-order valence-corrected chi connectivity index (χ3v) is 7.21. The third-order valence-electron chi connectivity index (χ3n) is 6.47. The van der Waals surface area contributed by atoms with Crippen LogP contribution in [0.25, 0.3) is 5.57 Å². The van der Waals surface area contributed by atoms with E-state index in [1.54, 1.807) is 18.2 Å². The molecule has 1 aliphatic carbocycles. The minimum Gasteiger partial charge on any atom is -0.320 e. The summed E-state index contributed by atoms with van der Waals surface area (Å²) >= 11 is 12.2. The minimum absolute atomic E-state index is 0.110. The molecule has 0 bridgehead atoms. The Bertz CT molecular complexity index is 1070. The molecule has 1 unspecified atom stereocenters. The highest BCUT2D eigenvalue weighted by Gasteiger charge is 2.27. The molecular weight excluding hydrogens is 455 g/mol. The van der Waals surface area contributed by atoms with Crippen LogP contribution >= 0.6 is 23.2 Å². The normalized spacial score (nSPS) is 18.5. The van der Waals surface area contributed by atoms with Gasteiger partial charge in [-0.25, -0.2) is 4.79 Å². The number of amides is 2. The van der Waals surface area contributed by atoms with Crippen LogP contribution in [0, 0.1) is 11.3 Å². The summed E-state index contributed by atoms with van der Waals surface area (Å²) in [5, 5.41) is 13.1. The summed E-state index contributed by atoms with van der Waals surface area (Å²) in [7, 11) is 0. The number of allylic oxidation sites excluding steroid dienone is 1. The van der Waals surface area contributed by atoms with Crippen LogP contribution < -0.4 is 5.32 Å². The summed E-state index contributed by atoms with van der Waals surface area (Å²) in [6, 6.07) is 15.1. The van der Waals surface area contributed by atoms with Gasteiger partial charge in [0.15, 0.2) is 0 Å². The van der Waals surface area contributed by atoms with Crippen LogP contribution in [-0.4, -0.2) is 48.1 Å². The smallest absolute Gasteiger partial charge is 0.320 e. The van der Waals surface area contributed by atoms with Crippen LogP contribution in [0.4, 0.5) is 10.5 Å². The van der Waals surface area contributed by atoms with Crippen molar-refractivity contribution in [2.75, 3.05) is 31.5 Å². The molecule has 1 saturated heterocycles. The molecule has 0 saturated carbocycles. The van der Waals surface area contributed by atoms with Gasteiger partial charge in [0, 0.05) is 24.8 Å². The number of hydrogen-bond donors (Lipinski definition) is 1. The fraction of sp³-hybridized carbons (Fsp3) is 0.385. The molecule has 2 aromatic carbocycles. The Morgan fingerprint density at radius 3 is 2.67 bits per heavy atom. The Morgan fingerprint density at radius 1 is 1.15 bits per heavy atom. The van der Waals surface area contributed by atoms with Gasteiger partial charge in [-0.3, -0.25) is 0 Å². The van der Waals surface area contributed by atoms with E-state index in [0.717, 1.165) is 44.5 Å². The van der Waals surface area contributed by atoms with Gasteiger partial charge >= 0.3 is 6.03 Å². The number of urea groups is 1. The number of hydrogen-bond acceptors (Lipinski definition) is 3. The van der Waals surface area contributed by atoms with Crippen molar-refractivity contribution in [3.63, 3.8) is 0 Å². The number of nitriles is 1. The van der Waals surface area contributed by atoms with Crippen LogP contribution in [0.1, 0.15) is 43.2 Å². The second-order valence-electron chi connectivity index (χ2n) is 8.65. The predicted octanol–water partition coefficient (Wildman–Crippen LogP) is 6.43. The molecule has 172 valence electrons. The van der Waals surface area contributed by atoms with Gasteiger partial charge in [-0.2, -0.15) is 5.26 Å². The van der Waals surface area contributed by atoms with Crippen molar-refractivity contribution in [1.29, 1.82) is 5.26 Å². The lowest BCUT2D eigenvalue weighted by Crippen LogP contribution is -2.47. The first-order chi connectivity index (χ1) is 16.0. The van der Waals surface area contributed by atoms with Crippen molar-refractivity contribution >= 4 is 40.5 Å². The number of carbonyl (C=O) groups is 1. The van der Waals surface area contributed by atoms with Gasteiger partial charge in [0.05, 0.1) is 21.7 Å². The molecule has 33 heavy (non-hydrogen) atoms. The number of carbonyl (C=O) groups excluding carboxylic acids is 1. The van der Waals surface area contributed by atoms with E-state index in [1.165, 1.54) is 18.4 Å². The van der Waals surface area contributed by atoms with Crippen molar-refractivity contribution < 1.29 is 4.79 Å². The lowest BCUT2D eigenvalue weighted by Gasteiger charge is -2.35. The topological polar surface area (TPSA) is 59.4 Å².